The van der Waals surface area contributed by atoms with Crippen LogP contribution in [-0.2, 0) is 6.54 Å². The molecule has 0 saturated heterocycles. The Morgan fingerprint density at radius 1 is 1.47 bits per heavy atom. The molecule has 0 fully saturated rings. The fourth-order valence-electron chi connectivity index (χ4n) is 1.56. The molecule has 4 nitrogen and oxygen atoms in total. The lowest BCUT2D eigenvalue weighted by Crippen LogP contribution is -2.05. The van der Waals surface area contributed by atoms with Crippen molar-refractivity contribution in [2.45, 2.75) is 19.9 Å². The van der Waals surface area contributed by atoms with E-state index in [-0.39, 0.29) is 5.75 Å². The molecule has 0 saturated carbocycles. The third-order valence-corrected chi connectivity index (χ3v) is 3.26. The molecule has 19 heavy (non-hydrogen) atoms. The van der Waals surface area contributed by atoms with E-state index in [9.17, 15) is 4.39 Å². The standard InChI is InChI=1S/C13H16FN3OS/c1-2-4-18-12-7-11(10(15)6-9(12)14)17-8-13-16-3-5-19-13/h3,5-7,17H,2,4,8,15H2,1H3. The van der Waals surface area contributed by atoms with Crippen LogP contribution in [0.5, 0.6) is 5.75 Å². The number of hydrogen-bond donors (Lipinski definition) is 2. The maximum absolute atomic E-state index is 13.6. The lowest BCUT2D eigenvalue weighted by atomic mass is 10.2. The summed E-state index contributed by atoms with van der Waals surface area (Å²) in [6.45, 7) is 3.00. The highest BCUT2D eigenvalue weighted by molar-refractivity contribution is 7.09. The molecule has 0 aliphatic heterocycles. The Balaban J connectivity index is 2.10. The van der Waals surface area contributed by atoms with Crippen molar-refractivity contribution >= 4 is 22.7 Å². The van der Waals surface area contributed by atoms with E-state index >= 15 is 0 Å². The van der Waals surface area contributed by atoms with E-state index in [1.54, 1.807) is 23.6 Å². The van der Waals surface area contributed by atoms with E-state index in [1.807, 2.05) is 12.3 Å². The number of nitrogen functional groups attached to an aromatic ring is 1. The van der Waals surface area contributed by atoms with Crippen LogP contribution in [0.3, 0.4) is 0 Å². The maximum Gasteiger partial charge on any atom is 0.167 e. The van der Waals surface area contributed by atoms with Gasteiger partial charge in [-0.25, -0.2) is 9.37 Å². The topological polar surface area (TPSA) is 60.2 Å². The zero-order valence-electron chi connectivity index (χ0n) is 10.6. The Morgan fingerprint density at radius 3 is 3.00 bits per heavy atom. The fraction of sp³-hybridized carbons (Fsp3) is 0.308. The van der Waals surface area contributed by atoms with Gasteiger partial charge >= 0.3 is 0 Å². The number of halogens is 1. The number of nitrogens with zero attached hydrogens (tertiary/aromatic N) is 1. The van der Waals surface area contributed by atoms with Crippen molar-refractivity contribution < 1.29 is 9.13 Å². The zero-order chi connectivity index (χ0) is 13.7. The number of nitrogens with one attached hydrogen (secondary N) is 1. The highest BCUT2D eigenvalue weighted by atomic mass is 32.1. The SMILES string of the molecule is CCCOc1cc(NCc2nccs2)c(N)cc1F. The number of benzene rings is 1. The number of hydrogen-bond acceptors (Lipinski definition) is 5. The van der Waals surface area contributed by atoms with Gasteiger partial charge in [0.25, 0.3) is 0 Å². The van der Waals surface area contributed by atoms with E-state index in [4.69, 9.17) is 10.5 Å². The number of thiazole rings is 1. The smallest absolute Gasteiger partial charge is 0.167 e. The first-order valence-electron chi connectivity index (χ1n) is 6.04. The van der Waals surface area contributed by atoms with Gasteiger partial charge in [0, 0.05) is 23.7 Å². The lowest BCUT2D eigenvalue weighted by Gasteiger charge is -2.12. The van der Waals surface area contributed by atoms with Crippen LogP contribution in [0.1, 0.15) is 18.4 Å². The molecule has 0 unspecified atom stereocenters. The van der Waals surface area contributed by atoms with Gasteiger partial charge in [0.05, 0.1) is 24.5 Å². The molecule has 2 rings (SSSR count). The van der Waals surface area contributed by atoms with Crippen molar-refractivity contribution in [3.63, 3.8) is 0 Å². The molecular weight excluding hydrogens is 265 g/mol. The van der Waals surface area contributed by atoms with Crippen molar-refractivity contribution in [2.24, 2.45) is 0 Å². The zero-order valence-corrected chi connectivity index (χ0v) is 11.5. The van der Waals surface area contributed by atoms with Crippen LogP contribution >= 0.6 is 11.3 Å². The highest BCUT2D eigenvalue weighted by Crippen LogP contribution is 2.28. The van der Waals surface area contributed by atoms with Gasteiger partial charge in [-0.3, -0.25) is 0 Å². The molecule has 2 aromatic rings. The first-order chi connectivity index (χ1) is 9.20. The summed E-state index contributed by atoms with van der Waals surface area (Å²) in [7, 11) is 0. The van der Waals surface area contributed by atoms with Gasteiger partial charge in [0.1, 0.15) is 5.01 Å². The monoisotopic (exact) mass is 281 g/mol. The Labute approximate surface area is 115 Å². The average Bonchev–Trinajstić information content (AvgIpc) is 2.90. The molecule has 3 N–H and O–H groups in total. The van der Waals surface area contributed by atoms with Crippen LogP contribution in [0.2, 0.25) is 0 Å². The first-order valence-corrected chi connectivity index (χ1v) is 6.92. The minimum absolute atomic E-state index is 0.220. The first kappa shape index (κ1) is 13.6. The Kier molecular flexibility index (Phi) is 4.57. The molecule has 0 spiro atoms. The van der Waals surface area contributed by atoms with E-state index < -0.39 is 5.82 Å². The van der Waals surface area contributed by atoms with Gasteiger partial charge in [-0.15, -0.1) is 11.3 Å². The van der Waals surface area contributed by atoms with Crippen molar-refractivity contribution in [2.75, 3.05) is 17.7 Å². The molecular formula is C13H16FN3OS. The van der Waals surface area contributed by atoms with Crippen molar-refractivity contribution in [1.29, 1.82) is 0 Å². The van der Waals surface area contributed by atoms with Gasteiger partial charge in [-0.2, -0.15) is 0 Å². The summed E-state index contributed by atoms with van der Waals surface area (Å²) in [6, 6.07) is 2.86. The molecule has 1 heterocycles. The summed E-state index contributed by atoms with van der Waals surface area (Å²) in [5, 5.41) is 5.98. The number of ether oxygens (including phenoxy) is 1. The second kappa shape index (κ2) is 6.38. The predicted octanol–water partition coefficient (Wildman–Crippen LogP) is 3.27. The van der Waals surface area contributed by atoms with Gasteiger partial charge in [0.2, 0.25) is 0 Å². The molecule has 6 heteroatoms. The molecule has 0 amide bonds. The fourth-order valence-corrected chi connectivity index (χ4v) is 2.11. The summed E-state index contributed by atoms with van der Waals surface area (Å²) in [5.74, 6) is -0.219. The minimum Gasteiger partial charge on any atom is -0.490 e. The van der Waals surface area contributed by atoms with Gasteiger partial charge in [0.15, 0.2) is 11.6 Å². The second-order valence-electron chi connectivity index (χ2n) is 4.00. The van der Waals surface area contributed by atoms with Gasteiger partial charge in [-0.1, -0.05) is 6.92 Å². The van der Waals surface area contributed by atoms with Gasteiger partial charge < -0.3 is 15.8 Å². The summed E-state index contributed by atoms with van der Waals surface area (Å²) >= 11 is 1.55. The van der Waals surface area contributed by atoms with Crippen LogP contribution in [0.25, 0.3) is 0 Å². The predicted molar refractivity (Wildman–Crippen MR) is 76.0 cm³/mol. The number of nitrogens with two attached hydrogens (primary N) is 1. The molecule has 1 aromatic heterocycles. The van der Waals surface area contributed by atoms with Crippen molar-refractivity contribution in [3.8, 4) is 5.75 Å². The molecule has 0 atom stereocenters. The van der Waals surface area contributed by atoms with E-state index in [2.05, 4.69) is 10.3 Å². The number of anilines is 2. The maximum atomic E-state index is 13.6. The molecule has 0 bridgehead atoms. The summed E-state index contributed by atoms with van der Waals surface area (Å²) in [5.41, 5.74) is 6.80. The molecule has 0 radical (unpaired) electrons. The second-order valence-corrected chi connectivity index (χ2v) is 4.98. The van der Waals surface area contributed by atoms with Gasteiger partial charge in [-0.05, 0) is 6.42 Å². The van der Waals surface area contributed by atoms with Crippen LogP contribution in [0, 0.1) is 5.82 Å². The number of rotatable bonds is 6. The van der Waals surface area contributed by atoms with Crippen LogP contribution in [0.15, 0.2) is 23.7 Å². The van der Waals surface area contributed by atoms with Crippen molar-refractivity contribution in [3.05, 3.63) is 34.5 Å². The molecule has 0 aliphatic rings. The Morgan fingerprint density at radius 2 is 2.32 bits per heavy atom. The van der Waals surface area contributed by atoms with Crippen molar-refractivity contribution in [1.82, 2.24) is 4.98 Å². The van der Waals surface area contributed by atoms with Crippen LogP contribution < -0.4 is 15.8 Å². The van der Waals surface area contributed by atoms with Crippen LogP contribution in [0.4, 0.5) is 15.8 Å². The van der Waals surface area contributed by atoms with E-state index in [0.29, 0.717) is 24.5 Å². The highest BCUT2D eigenvalue weighted by Gasteiger charge is 2.09. The third-order valence-electron chi connectivity index (χ3n) is 2.48. The van der Waals surface area contributed by atoms with Crippen LogP contribution in [-0.4, -0.2) is 11.6 Å². The molecule has 1 aromatic carbocycles. The van der Waals surface area contributed by atoms with E-state index in [1.165, 1.54) is 6.07 Å². The molecule has 0 aliphatic carbocycles. The lowest BCUT2D eigenvalue weighted by molar-refractivity contribution is 0.301. The Hall–Kier alpha value is -1.82. The average molecular weight is 281 g/mol. The summed E-state index contributed by atoms with van der Waals surface area (Å²) < 4.78 is 19.0. The quantitative estimate of drug-likeness (QED) is 0.798. The number of aromatic nitrogens is 1. The molecule has 102 valence electrons. The normalized spacial score (nSPS) is 10.4. The summed E-state index contributed by atoms with van der Waals surface area (Å²) in [4.78, 5) is 4.16. The van der Waals surface area contributed by atoms with E-state index in [0.717, 1.165) is 11.4 Å². The largest absolute Gasteiger partial charge is 0.490 e. The third kappa shape index (κ3) is 3.57. The minimum atomic E-state index is -0.439. The summed E-state index contributed by atoms with van der Waals surface area (Å²) in [6.07, 6.45) is 2.57. The Bertz CT molecular complexity index is 531.